The summed E-state index contributed by atoms with van der Waals surface area (Å²) in [5.74, 6) is 6.93. The maximum atomic E-state index is 11.5. The van der Waals surface area contributed by atoms with Crippen LogP contribution in [-0.4, -0.2) is 39.3 Å². The van der Waals surface area contributed by atoms with Crippen LogP contribution in [0.15, 0.2) is 12.1 Å². The number of hydrazine groups is 1. The third-order valence-electron chi connectivity index (χ3n) is 2.75. The number of ether oxygens (including phenoxy) is 3. The third-order valence-corrected chi connectivity index (χ3v) is 2.75. The van der Waals surface area contributed by atoms with Crippen LogP contribution < -0.4 is 20.1 Å². The molecule has 0 saturated carbocycles. The molecule has 0 radical (unpaired) electrons. The summed E-state index contributed by atoms with van der Waals surface area (Å²) in [5.41, 5.74) is 0.921. The van der Waals surface area contributed by atoms with Crippen molar-refractivity contribution in [3.63, 3.8) is 0 Å². The maximum Gasteiger partial charge on any atom is 0.236 e. The van der Waals surface area contributed by atoms with Crippen LogP contribution in [0.25, 0.3) is 0 Å². The SMILES string of the molecule is COc1cc(CCC(=O)N(C)N)cc(OC)c1OC. The average molecular weight is 268 g/mol. The average Bonchev–Trinajstić information content (AvgIpc) is 2.42. The number of benzene rings is 1. The molecule has 0 aliphatic rings. The number of nitrogens with two attached hydrogens (primary N) is 1. The lowest BCUT2D eigenvalue weighted by molar-refractivity contribution is -0.130. The molecule has 0 heterocycles. The molecule has 2 N–H and O–H groups in total. The van der Waals surface area contributed by atoms with Crippen LogP contribution in [-0.2, 0) is 11.2 Å². The van der Waals surface area contributed by atoms with Crippen LogP contribution >= 0.6 is 0 Å². The predicted molar refractivity (Wildman–Crippen MR) is 71.4 cm³/mol. The molecule has 1 amide bonds. The smallest absolute Gasteiger partial charge is 0.236 e. The molecule has 1 rings (SSSR count). The van der Waals surface area contributed by atoms with Crippen LogP contribution in [0.3, 0.4) is 0 Å². The van der Waals surface area contributed by atoms with E-state index in [1.807, 2.05) is 12.1 Å². The number of carbonyl (C=O) groups excluding carboxylic acids is 1. The van der Waals surface area contributed by atoms with Crippen molar-refractivity contribution in [2.24, 2.45) is 5.84 Å². The first kappa shape index (κ1) is 15.1. The Balaban J connectivity index is 2.93. The normalized spacial score (nSPS) is 9.95. The van der Waals surface area contributed by atoms with Crippen molar-refractivity contribution < 1.29 is 19.0 Å². The molecular weight excluding hydrogens is 248 g/mol. The molecule has 0 aromatic heterocycles. The summed E-state index contributed by atoms with van der Waals surface area (Å²) >= 11 is 0. The highest BCUT2D eigenvalue weighted by molar-refractivity contribution is 5.75. The Bertz CT molecular complexity index is 421. The van der Waals surface area contributed by atoms with Crippen molar-refractivity contribution in [2.75, 3.05) is 28.4 Å². The number of aryl methyl sites for hydroxylation is 1. The van der Waals surface area contributed by atoms with E-state index >= 15 is 0 Å². The van der Waals surface area contributed by atoms with E-state index in [4.69, 9.17) is 20.1 Å². The van der Waals surface area contributed by atoms with Crippen molar-refractivity contribution in [1.82, 2.24) is 5.01 Å². The number of hydrogen-bond donors (Lipinski definition) is 1. The lowest BCUT2D eigenvalue weighted by atomic mass is 10.1. The van der Waals surface area contributed by atoms with Gasteiger partial charge in [0.2, 0.25) is 11.7 Å². The second kappa shape index (κ2) is 6.84. The topological polar surface area (TPSA) is 74.0 Å². The highest BCUT2D eigenvalue weighted by Crippen LogP contribution is 2.38. The Kier molecular flexibility index (Phi) is 5.44. The molecule has 0 aliphatic carbocycles. The predicted octanol–water partition coefficient (Wildman–Crippen LogP) is 0.977. The monoisotopic (exact) mass is 268 g/mol. The number of amides is 1. The Hall–Kier alpha value is -1.95. The first-order valence-corrected chi connectivity index (χ1v) is 5.83. The van der Waals surface area contributed by atoms with Gasteiger partial charge in [-0.25, -0.2) is 5.84 Å². The molecule has 1 aromatic carbocycles. The van der Waals surface area contributed by atoms with Crippen molar-refractivity contribution in [3.05, 3.63) is 17.7 Å². The van der Waals surface area contributed by atoms with Gasteiger partial charge >= 0.3 is 0 Å². The van der Waals surface area contributed by atoms with Gasteiger partial charge in [0.25, 0.3) is 0 Å². The summed E-state index contributed by atoms with van der Waals surface area (Å²) in [7, 11) is 6.18. The van der Waals surface area contributed by atoms with Crippen molar-refractivity contribution >= 4 is 5.91 Å². The van der Waals surface area contributed by atoms with E-state index in [0.717, 1.165) is 10.6 Å². The highest BCUT2D eigenvalue weighted by Gasteiger charge is 2.14. The van der Waals surface area contributed by atoms with Crippen LogP contribution in [0.5, 0.6) is 17.2 Å². The van der Waals surface area contributed by atoms with Crippen LogP contribution in [0.4, 0.5) is 0 Å². The van der Waals surface area contributed by atoms with E-state index in [2.05, 4.69) is 0 Å². The van der Waals surface area contributed by atoms with E-state index in [-0.39, 0.29) is 5.91 Å². The molecule has 0 saturated heterocycles. The zero-order chi connectivity index (χ0) is 14.4. The molecule has 0 aliphatic heterocycles. The van der Waals surface area contributed by atoms with E-state index in [1.165, 1.54) is 7.05 Å². The molecule has 0 bridgehead atoms. The van der Waals surface area contributed by atoms with Gasteiger partial charge in [-0.15, -0.1) is 0 Å². The van der Waals surface area contributed by atoms with Crippen LogP contribution in [0, 0.1) is 0 Å². The zero-order valence-electron chi connectivity index (χ0n) is 11.7. The van der Waals surface area contributed by atoms with E-state index in [1.54, 1.807) is 21.3 Å². The van der Waals surface area contributed by atoms with E-state index < -0.39 is 0 Å². The van der Waals surface area contributed by atoms with Gasteiger partial charge in [-0.05, 0) is 24.1 Å². The maximum absolute atomic E-state index is 11.5. The fraction of sp³-hybridized carbons (Fsp3) is 0.462. The quantitative estimate of drug-likeness (QED) is 0.473. The minimum atomic E-state index is -0.131. The molecule has 1 aromatic rings. The van der Waals surface area contributed by atoms with Gasteiger partial charge < -0.3 is 14.2 Å². The van der Waals surface area contributed by atoms with Gasteiger partial charge in [-0.3, -0.25) is 9.80 Å². The molecule has 6 nitrogen and oxygen atoms in total. The second-order valence-electron chi connectivity index (χ2n) is 4.04. The minimum Gasteiger partial charge on any atom is -0.493 e. The molecule has 0 atom stereocenters. The molecule has 19 heavy (non-hydrogen) atoms. The summed E-state index contributed by atoms with van der Waals surface area (Å²) < 4.78 is 15.7. The summed E-state index contributed by atoms with van der Waals surface area (Å²) in [6.45, 7) is 0. The molecule has 0 unspecified atom stereocenters. The van der Waals surface area contributed by atoms with Gasteiger partial charge in [0.05, 0.1) is 21.3 Å². The summed E-state index contributed by atoms with van der Waals surface area (Å²) in [5, 5.41) is 1.08. The van der Waals surface area contributed by atoms with Gasteiger partial charge in [0.15, 0.2) is 11.5 Å². The standard InChI is InChI=1S/C13H20N2O4/c1-15(14)12(16)6-5-9-7-10(17-2)13(19-4)11(8-9)18-3/h7-8H,5-6,14H2,1-4H3. The summed E-state index contributed by atoms with van der Waals surface area (Å²) in [6, 6.07) is 3.65. The Morgan fingerprint density at radius 1 is 1.16 bits per heavy atom. The molecule has 6 heteroatoms. The minimum absolute atomic E-state index is 0.131. The fourth-order valence-electron chi connectivity index (χ4n) is 1.71. The van der Waals surface area contributed by atoms with Crippen LogP contribution in [0.1, 0.15) is 12.0 Å². The van der Waals surface area contributed by atoms with Crippen molar-refractivity contribution in [3.8, 4) is 17.2 Å². The Labute approximate surface area is 113 Å². The Morgan fingerprint density at radius 3 is 2.05 bits per heavy atom. The van der Waals surface area contributed by atoms with Gasteiger partial charge in [-0.2, -0.15) is 0 Å². The summed E-state index contributed by atoms with van der Waals surface area (Å²) in [4.78, 5) is 11.5. The van der Waals surface area contributed by atoms with Gasteiger partial charge in [0, 0.05) is 13.5 Å². The fourth-order valence-corrected chi connectivity index (χ4v) is 1.71. The van der Waals surface area contributed by atoms with E-state index in [0.29, 0.717) is 30.1 Å². The third kappa shape index (κ3) is 3.75. The van der Waals surface area contributed by atoms with E-state index in [9.17, 15) is 4.79 Å². The number of hydrogen-bond acceptors (Lipinski definition) is 5. The van der Waals surface area contributed by atoms with Crippen molar-refractivity contribution in [1.29, 1.82) is 0 Å². The molecular formula is C13H20N2O4. The van der Waals surface area contributed by atoms with Crippen molar-refractivity contribution in [2.45, 2.75) is 12.8 Å². The largest absolute Gasteiger partial charge is 0.493 e. The highest BCUT2D eigenvalue weighted by atomic mass is 16.5. The molecule has 0 spiro atoms. The number of rotatable bonds is 6. The lowest BCUT2D eigenvalue weighted by Gasteiger charge is -2.14. The first-order chi connectivity index (χ1) is 9.03. The number of nitrogens with zero attached hydrogens (tertiary/aromatic N) is 1. The van der Waals surface area contributed by atoms with Crippen LogP contribution in [0.2, 0.25) is 0 Å². The lowest BCUT2D eigenvalue weighted by Crippen LogP contribution is -2.33. The van der Waals surface area contributed by atoms with Gasteiger partial charge in [0.1, 0.15) is 0 Å². The number of methoxy groups -OCH3 is 3. The number of carbonyl (C=O) groups is 1. The Morgan fingerprint density at radius 2 is 1.68 bits per heavy atom. The summed E-state index contributed by atoms with van der Waals surface area (Å²) in [6.07, 6.45) is 0.878. The second-order valence-corrected chi connectivity index (χ2v) is 4.04. The van der Waals surface area contributed by atoms with Gasteiger partial charge in [-0.1, -0.05) is 0 Å². The molecule has 0 fully saturated rings. The first-order valence-electron chi connectivity index (χ1n) is 5.83. The molecule has 106 valence electrons. The zero-order valence-corrected chi connectivity index (χ0v) is 11.7.